The summed E-state index contributed by atoms with van der Waals surface area (Å²) in [6.45, 7) is 5.34. The van der Waals surface area contributed by atoms with E-state index in [9.17, 15) is 19.8 Å². The number of carboxylic acids is 1. The van der Waals surface area contributed by atoms with Crippen LogP contribution >= 0.6 is 0 Å². The van der Waals surface area contributed by atoms with E-state index < -0.39 is 24.7 Å². The van der Waals surface area contributed by atoms with Gasteiger partial charge in [0.05, 0.1) is 17.9 Å². The number of rotatable bonds is 4. The third-order valence-corrected chi connectivity index (χ3v) is 5.86. The van der Waals surface area contributed by atoms with E-state index in [1.54, 1.807) is 6.92 Å². The van der Waals surface area contributed by atoms with Crippen LogP contribution < -0.4 is 0 Å². The first-order valence-electron chi connectivity index (χ1n) is 8.87. The molecule has 140 valence electrons. The third kappa shape index (κ3) is 3.45. The largest absolute Gasteiger partial charge is 0.478 e. The molecular weight excluding hydrogens is 328 g/mol. The summed E-state index contributed by atoms with van der Waals surface area (Å²) in [4.78, 5) is 23.0. The van der Waals surface area contributed by atoms with Gasteiger partial charge in [-0.3, -0.25) is 4.79 Å². The molecular formula is C18H26O7. The van der Waals surface area contributed by atoms with Gasteiger partial charge in [0, 0.05) is 17.8 Å². The Kier molecular flexibility index (Phi) is 5.18. The van der Waals surface area contributed by atoms with Crippen LogP contribution in [0, 0.1) is 23.7 Å². The number of aliphatic carboxylic acids is 1. The lowest BCUT2D eigenvalue weighted by Gasteiger charge is -2.41. The predicted molar refractivity (Wildman–Crippen MR) is 86.2 cm³/mol. The number of carboxylic acid groups (broad SMARTS) is 1. The zero-order valence-electron chi connectivity index (χ0n) is 14.8. The fourth-order valence-electron chi connectivity index (χ4n) is 4.41. The highest BCUT2D eigenvalue weighted by molar-refractivity contribution is 5.87. The summed E-state index contributed by atoms with van der Waals surface area (Å²) < 4.78 is 17.2. The molecule has 3 aliphatic rings. The van der Waals surface area contributed by atoms with Crippen LogP contribution in [0.15, 0.2) is 11.8 Å². The van der Waals surface area contributed by atoms with Gasteiger partial charge in [-0.1, -0.05) is 6.92 Å². The lowest BCUT2D eigenvalue weighted by molar-refractivity contribution is -0.311. The first kappa shape index (κ1) is 18.4. The van der Waals surface area contributed by atoms with Crippen molar-refractivity contribution in [3.8, 4) is 0 Å². The minimum absolute atomic E-state index is 0.0163. The van der Waals surface area contributed by atoms with E-state index >= 15 is 0 Å². The smallest absolute Gasteiger partial charge is 0.334 e. The van der Waals surface area contributed by atoms with Gasteiger partial charge in [0.15, 0.2) is 6.29 Å². The fourth-order valence-corrected chi connectivity index (χ4v) is 4.41. The molecule has 1 aliphatic carbocycles. The van der Waals surface area contributed by atoms with Gasteiger partial charge in [-0.05, 0) is 39.0 Å². The molecule has 0 bridgehead atoms. The number of aliphatic hydroxyl groups is 1. The van der Waals surface area contributed by atoms with Crippen LogP contribution in [-0.2, 0) is 23.8 Å². The summed E-state index contributed by atoms with van der Waals surface area (Å²) in [6.07, 6.45) is 0.418. The second-order valence-electron chi connectivity index (χ2n) is 7.49. The zero-order chi connectivity index (χ0) is 18.3. The second kappa shape index (κ2) is 7.05. The highest BCUT2D eigenvalue weighted by Gasteiger charge is 2.49. The summed E-state index contributed by atoms with van der Waals surface area (Å²) in [6, 6.07) is 0. The lowest BCUT2D eigenvalue weighted by Crippen LogP contribution is -2.50. The minimum Gasteiger partial charge on any atom is -0.478 e. The van der Waals surface area contributed by atoms with Crippen molar-refractivity contribution in [2.75, 3.05) is 0 Å². The molecule has 2 heterocycles. The average molecular weight is 354 g/mol. The van der Waals surface area contributed by atoms with E-state index in [0.717, 1.165) is 12.8 Å². The molecule has 7 nitrogen and oxygen atoms in total. The zero-order valence-corrected chi connectivity index (χ0v) is 14.8. The van der Waals surface area contributed by atoms with Crippen molar-refractivity contribution < 1.29 is 34.0 Å². The van der Waals surface area contributed by atoms with Crippen LogP contribution in [0.25, 0.3) is 0 Å². The highest BCUT2D eigenvalue weighted by Crippen LogP contribution is 2.47. The summed E-state index contributed by atoms with van der Waals surface area (Å²) in [5.41, 5.74) is 0.282. The Morgan fingerprint density at radius 2 is 1.96 bits per heavy atom. The maximum absolute atomic E-state index is 11.6. The summed E-state index contributed by atoms with van der Waals surface area (Å²) in [5.74, 6) is -1.28. The summed E-state index contributed by atoms with van der Waals surface area (Å²) in [7, 11) is 0. The fraction of sp³-hybridized carbons (Fsp3) is 0.778. The van der Waals surface area contributed by atoms with Crippen molar-refractivity contribution in [3.05, 3.63) is 11.8 Å². The van der Waals surface area contributed by atoms with Crippen molar-refractivity contribution in [1.82, 2.24) is 0 Å². The van der Waals surface area contributed by atoms with Crippen LogP contribution in [0.3, 0.4) is 0 Å². The molecule has 1 saturated carbocycles. The van der Waals surface area contributed by atoms with Gasteiger partial charge >= 0.3 is 5.97 Å². The number of carbonyl (C=O) groups excluding carboxylic acids is 1. The first-order chi connectivity index (χ1) is 11.8. The van der Waals surface area contributed by atoms with Crippen LogP contribution in [0.1, 0.15) is 40.0 Å². The van der Waals surface area contributed by atoms with E-state index in [2.05, 4.69) is 6.92 Å². The number of aliphatic hydroxyl groups excluding tert-OH is 1. The van der Waals surface area contributed by atoms with Gasteiger partial charge in [-0.15, -0.1) is 0 Å². The molecule has 0 amide bonds. The lowest BCUT2D eigenvalue weighted by atomic mass is 9.83. The van der Waals surface area contributed by atoms with Gasteiger partial charge in [0.2, 0.25) is 6.29 Å². The molecule has 1 saturated heterocycles. The SMILES string of the molecule is CC(=O)[C@H]1C[C@@H](O)[C@H](O[C@@H]2OC=C(C(=O)O)[C@H]3CC[C@H](C)[C@@H]23)O[C@@H]1C. The number of ketones is 1. The number of Topliss-reactive ketones (excluding diaryl/α,β-unsaturated/α-hetero) is 1. The van der Waals surface area contributed by atoms with Gasteiger partial charge < -0.3 is 24.4 Å². The number of hydrogen-bond acceptors (Lipinski definition) is 6. The molecule has 8 atom stereocenters. The first-order valence-corrected chi connectivity index (χ1v) is 8.87. The maximum Gasteiger partial charge on any atom is 0.334 e. The van der Waals surface area contributed by atoms with Gasteiger partial charge in [-0.2, -0.15) is 0 Å². The number of carbonyl (C=O) groups is 2. The van der Waals surface area contributed by atoms with E-state index in [4.69, 9.17) is 14.2 Å². The van der Waals surface area contributed by atoms with Gasteiger partial charge in [-0.25, -0.2) is 4.79 Å². The van der Waals surface area contributed by atoms with Crippen LogP contribution in [0.4, 0.5) is 0 Å². The Labute approximate surface area is 146 Å². The molecule has 0 spiro atoms. The molecule has 2 fully saturated rings. The quantitative estimate of drug-likeness (QED) is 0.792. The number of fused-ring (bicyclic) bond motifs is 1. The van der Waals surface area contributed by atoms with E-state index in [-0.39, 0.29) is 47.6 Å². The summed E-state index contributed by atoms with van der Waals surface area (Å²) >= 11 is 0. The molecule has 2 aliphatic heterocycles. The minimum atomic E-state index is -0.963. The Hall–Kier alpha value is -1.44. The molecule has 7 heteroatoms. The van der Waals surface area contributed by atoms with Crippen molar-refractivity contribution in [2.45, 2.75) is 64.8 Å². The molecule has 2 N–H and O–H groups in total. The van der Waals surface area contributed by atoms with Crippen molar-refractivity contribution in [3.63, 3.8) is 0 Å². The van der Waals surface area contributed by atoms with Crippen LogP contribution in [0.2, 0.25) is 0 Å². The number of ether oxygens (including phenoxy) is 3. The average Bonchev–Trinajstić information content (AvgIpc) is 2.92. The molecule has 25 heavy (non-hydrogen) atoms. The molecule has 3 rings (SSSR count). The molecule has 0 radical (unpaired) electrons. The Morgan fingerprint density at radius 3 is 2.60 bits per heavy atom. The standard InChI is InChI=1S/C18H26O7/c1-8-4-5-11-13(16(21)22)7-23-18(15(8)11)25-17-14(20)6-12(9(2)19)10(3)24-17/h7-8,10-12,14-15,17-18,20H,4-6H2,1-3H3,(H,21,22)/t8-,10+,11+,12+,14+,15+,17-,18-/m0/s1. The molecule has 0 aromatic heterocycles. The molecule has 0 unspecified atom stereocenters. The second-order valence-corrected chi connectivity index (χ2v) is 7.49. The van der Waals surface area contributed by atoms with Crippen molar-refractivity contribution >= 4 is 11.8 Å². The Morgan fingerprint density at radius 1 is 1.24 bits per heavy atom. The topological polar surface area (TPSA) is 102 Å². The van der Waals surface area contributed by atoms with E-state index in [0.29, 0.717) is 0 Å². The van der Waals surface area contributed by atoms with Gasteiger partial charge in [0.25, 0.3) is 0 Å². The van der Waals surface area contributed by atoms with Crippen molar-refractivity contribution in [1.29, 1.82) is 0 Å². The Balaban J connectivity index is 1.72. The Bertz CT molecular complexity index is 572. The molecule has 0 aromatic carbocycles. The third-order valence-electron chi connectivity index (χ3n) is 5.86. The van der Waals surface area contributed by atoms with E-state index in [1.165, 1.54) is 13.2 Å². The predicted octanol–water partition coefficient (Wildman–Crippen LogP) is 1.69. The van der Waals surface area contributed by atoms with Gasteiger partial charge in [0.1, 0.15) is 11.9 Å². The normalized spacial score (nSPS) is 43.8. The maximum atomic E-state index is 11.6. The summed E-state index contributed by atoms with van der Waals surface area (Å²) in [5, 5.41) is 19.7. The van der Waals surface area contributed by atoms with E-state index in [1.807, 2.05) is 0 Å². The monoisotopic (exact) mass is 354 g/mol. The number of hydrogen-bond donors (Lipinski definition) is 2. The van der Waals surface area contributed by atoms with Crippen molar-refractivity contribution in [2.24, 2.45) is 23.7 Å². The highest BCUT2D eigenvalue weighted by atomic mass is 16.8. The van der Waals surface area contributed by atoms with Crippen LogP contribution in [-0.4, -0.2) is 46.8 Å². The van der Waals surface area contributed by atoms with Crippen LogP contribution in [0.5, 0.6) is 0 Å². The molecule has 0 aromatic rings.